The van der Waals surface area contributed by atoms with E-state index >= 15 is 0 Å². The van der Waals surface area contributed by atoms with Gasteiger partial charge in [0.05, 0.1) is 0 Å². The molecule has 212 valence electrons. The van der Waals surface area contributed by atoms with Crippen LogP contribution in [0.2, 0.25) is 0 Å². The van der Waals surface area contributed by atoms with Crippen molar-refractivity contribution in [1.82, 2.24) is 0 Å². The second-order valence-corrected chi connectivity index (χ2v) is 9.93. The number of hydrogen-bond donors (Lipinski definition) is 0. The van der Waals surface area contributed by atoms with Gasteiger partial charge in [-0.2, -0.15) is 11.1 Å². The van der Waals surface area contributed by atoms with E-state index in [0.29, 0.717) is 19.3 Å². The molecule has 3 aromatic carbocycles. The standard InChI is InChI=1S/C10H15.3C9H10O.Zr/c1-7-6-10(4,5)9(3)8(7)2;3*1-2-5-8-6-3-4-7-9(8)10;/h1-5H3;3*2-4,6-7,10H,1,5H2;/q-1;;;;+4/p-3. The van der Waals surface area contributed by atoms with Gasteiger partial charge in [0.2, 0.25) is 0 Å². The summed E-state index contributed by atoms with van der Waals surface area (Å²) in [5, 5.41) is 32.9. The average molecular weight is 626 g/mol. The van der Waals surface area contributed by atoms with Gasteiger partial charge in [0.25, 0.3) is 0 Å². The summed E-state index contributed by atoms with van der Waals surface area (Å²) in [6, 6.07) is 21.0. The molecular formula is C37H42O3Zr. The maximum atomic E-state index is 11.0. The van der Waals surface area contributed by atoms with Crippen LogP contribution in [-0.4, -0.2) is 0 Å². The van der Waals surface area contributed by atoms with Gasteiger partial charge in [-0.05, 0) is 19.3 Å². The van der Waals surface area contributed by atoms with Crippen molar-refractivity contribution in [2.24, 2.45) is 5.41 Å². The molecule has 4 heteroatoms. The van der Waals surface area contributed by atoms with Crippen LogP contribution in [0, 0.1) is 11.5 Å². The largest absolute Gasteiger partial charge is 4.00 e. The predicted molar refractivity (Wildman–Crippen MR) is 164 cm³/mol. The number of benzene rings is 3. The molecule has 0 N–H and O–H groups in total. The maximum Gasteiger partial charge on any atom is 4.00 e. The Morgan fingerprint density at radius 3 is 1.07 bits per heavy atom. The summed E-state index contributed by atoms with van der Waals surface area (Å²) in [5.41, 5.74) is 6.85. The predicted octanol–water partition coefficient (Wildman–Crippen LogP) is 7.58. The molecule has 0 bridgehead atoms. The van der Waals surface area contributed by atoms with Crippen molar-refractivity contribution in [3.63, 3.8) is 0 Å². The van der Waals surface area contributed by atoms with E-state index in [1.54, 1.807) is 54.6 Å². The first-order chi connectivity index (χ1) is 19.0. The quantitative estimate of drug-likeness (QED) is 0.210. The van der Waals surface area contributed by atoms with Crippen LogP contribution in [0.5, 0.6) is 17.2 Å². The van der Waals surface area contributed by atoms with E-state index in [9.17, 15) is 15.3 Å². The van der Waals surface area contributed by atoms with Crippen LogP contribution in [0.1, 0.15) is 51.3 Å². The minimum atomic E-state index is 0. The molecule has 0 spiro atoms. The second kappa shape index (κ2) is 19.7. The van der Waals surface area contributed by atoms with E-state index in [4.69, 9.17) is 0 Å². The van der Waals surface area contributed by atoms with Crippen LogP contribution in [0.15, 0.2) is 127 Å². The third-order valence-electron chi connectivity index (χ3n) is 6.57. The van der Waals surface area contributed by atoms with Crippen molar-refractivity contribution in [1.29, 1.82) is 0 Å². The van der Waals surface area contributed by atoms with Crippen LogP contribution < -0.4 is 15.3 Å². The van der Waals surface area contributed by atoms with E-state index in [1.165, 1.54) is 16.7 Å². The molecular weight excluding hydrogens is 584 g/mol. The van der Waals surface area contributed by atoms with Gasteiger partial charge in [0, 0.05) is 0 Å². The van der Waals surface area contributed by atoms with E-state index < -0.39 is 0 Å². The normalized spacial score (nSPS) is 12.5. The Hall–Kier alpha value is -3.36. The van der Waals surface area contributed by atoms with Gasteiger partial charge in [0.1, 0.15) is 0 Å². The van der Waals surface area contributed by atoms with E-state index in [0.717, 1.165) is 16.7 Å². The van der Waals surface area contributed by atoms with Crippen LogP contribution in [0.25, 0.3) is 0 Å². The molecule has 0 fully saturated rings. The smallest absolute Gasteiger partial charge is 0.872 e. The molecule has 0 aromatic heterocycles. The second-order valence-electron chi connectivity index (χ2n) is 9.93. The summed E-state index contributed by atoms with van der Waals surface area (Å²) in [6.45, 7) is 21.6. The molecule has 4 rings (SSSR count). The van der Waals surface area contributed by atoms with Gasteiger partial charge in [-0.15, -0.1) is 43.9 Å². The van der Waals surface area contributed by atoms with Crippen LogP contribution in [-0.2, 0) is 45.5 Å². The monoisotopic (exact) mass is 624 g/mol. The maximum absolute atomic E-state index is 11.0. The minimum absolute atomic E-state index is 0. The number of allylic oxidation sites excluding steroid dienone is 7. The molecule has 0 atom stereocenters. The Bertz CT molecular complexity index is 1190. The summed E-state index contributed by atoms with van der Waals surface area (Å²) in [5.74, 6) is 0.298. The van der Waals surface area contributed by atoms with Crippen LogP contribution in [0.4, 0.5) is 0 Å². The Kier molecular flexibility index (Phi) is 18.1. The van der Waals surface area contributed by atoms with Crippen molar-refractivity contribution in [3.05, 3.63) is 150 Å². The third kappa shape index (κ3) is 13.2. The summed E-state index contributed by atoms with van der Waals surface area (Å²) in [7, 11) is 0. The Labute approximate surface area is 267 Å². The molecule has 3 aromatic rings. The first kappa shape index (κ1) is 37.6. The fraction of sp³-hybridized carbons (Fsp3) is 0.243. The molecule has 0 amide bonds. The SMILES string of the molecule is C=CCc1ccccc1[O-].C=CCc1ccccc1[O-].C=CCc1ccccc1[O-].CC1=[C-]C(C)(C)C(C)=C1C.[Zr+4]. The first-order valence-electron chi connectivity index (χ1n) is 13.4. The minimum Gasteiger partial charge on any atom is -0.872 e. The molecule has 0 radical (unpaired) electrons. The van der Waals surface area contributed by atoms with Crippen molar-refractivity contribution in [3.8, 4) is 17.2 Å². The van der Waals surface area contributed by atoms with E-state index in [2.05, 4.69) is 60.4 Å². The van der Waals surface area contributed by atoms with Crippen molar-refractivity contribution in [2.45, 2.75) is 53.9 Å². The Morgan fingerprint density at radius 1 is 0.610 bits per heavy atom. The molecule has 41 heavy (non-hydrogen) atoms. The van der Waals surface area contributed by atoms with Gasteiger partial charge in [-0.1, -0.05) is 141 Å². The van der Waals surface area contributed by atoms with Crippen molar-refractivity contribution < 1.29 is 41.5 Å². The topological polar surface area (TPSA) is 69.2 Å². The summed E-state index contributed by atoms with van der Waals surface area (Å²) < 4.78 is 0. The van der Waals surface area contributed by atoms with Gasteiger partial charge in [-0.3, -0.25) is 6.08 Å². The Balaban J connectivity index is 0.000000516. The van der Waals surface area contributed by atoms with E-state index in [-0.39, 0.29) is 48.9 Å². The van der Waals surface area contributed by atoms with Crippen LogP contribution in [0.3, 0.4) is 0 Å². The summed E-state index contributed by atoms with van der Waals surface area (Å²) in [4.78, 5) is 0. The summed E-state index contributed by atoms with van der Waals surface area (Å²) >= 11 is 0. The van der Waals surface area contributed by atoms with Gasteiger partial charge >= 0.3 is 26.2 Å². The van der Waals surface area contributed by atoms with Gasteiger partial charge in [-0.25, -0.2) is 5.57 Å². The Morgan fingerprint density at radius 2 is 0.902 bits per heavy atom. The van der Waals surface area contributed by atoms with Gasteiger partial charge < -0.3 is 15.3 Å². The molecule has 0 heterocycles. The summed E-state index contributed by atoms with van der Waals surface area (Å²) in [6.07, 6.45) is 10.6. The fourth-order valence-corrected chi connectivity index (χ4v) is 3.89. The molecule has 0 aliphatic heterocycles. The molecule has 1 aliphatic carbocycles. The zero-order valence-electron chi connectivity index (χ0n) is 25.1. The number of hydrogen-bond acceptors (Lipinski definition) is 3. The molecule has 3 nitrogen and oxygen atoms in total. The fourth-order valence-electron chi connectivity index (χ4n) is 3.89. The van der Waals surface area contributed by atoms with Crippen molar-refractivity contribution in [2.75, 3.05) is 0 Å². The van der Waals surface area contributed by atoms with Gasteiger partial charge in [0.15, 0.2) is 0 Å². The van der Waals surface area contributed by atoms with Crippen LogP contribution >= 0.6 is 0 Å². The zero-order chi connectivity index (χ0) is 30.1. The first-order valence-corrected chi connectivity index (χ1v) is 13.4. The van der Waals surface area contributed by atoms with Crippen molar-refractivity contribution >= 4 is 0 Å². The molecule has 0 saturated carbocycles. The van der Waals surface area contributed by atoms with E-state index in [1.807, 2.05) is 36.4 Å². The molecule has 0 unspecified atom stereocenters. The molecule has 1 aliphatic rings. The number of rotatable bonds is 6. The third-order valence-corrected chi connectivity index (χ3v) is 6.57. The number of para-hydroxylation sites is 3. The zero-order valence-corrected chi connectivity index (χ0v) is 27.6. The molecule has 0 saturated heterocycles. The average Bonchev–Trinajstić information content (AvgIpc) is 3.10.